The molecule has 4 nitrogen and oxygen atoms in total. The largest absolute Gasteiger partial charge is 0.478 e. The Balaban J connectivity index is 2.80. The van der Waals surface area contributed by atoms with Crippen LogP contribution in [0.4, 0.5) is 10.1 Å². The summed E-state index contributed by atoms with van der Waals surface area (Å²) in [5.41, 5.74) is 5.48. The van der Waals surface area contributed by atoms with Gasteiger partial charge in [-0.3, -0.25) is 0 Å². The minimum Gasteiger partial charge on any atom is -0.478 e. The first-order valence-corrected chi connectivity index (χ1v) is 7.29. The van der Waals surface area contributed by atoms with Gasteiger partial charge in [0.2, 0.25) is 0 Å². The van der Waals surface area contributed by atoms with E-state index in [2.05, 4.69) is 0 Å². The van der Waals surface area contributed by atoms with Crippen LogP contribution in [0.25, 0.3) is 11.1 Å². The van der Waals surface area contributed by atoms with Crippen LogP contribution in [0.2, 0.25) is 10.0 Å². The second kappa shape index (κ2) is 6.86. The fraction of sp³-hybridized carbons (Fsp3) is 0.125. The standard InChI is InChI=1S/C16H11Cl2FN2O2/c17-11-5-1-4-9(13(11)18)12-8(3-2-6-20)7-10(16(22)23)15(21)14(12)19/h1,4-5,7H,2-3,21H2,(H,22,23). The average Bonchev–Trinajstić information content (AvgIpc) is 2.51. The van der Waals surface area contributed by atoms with E-state index in [1.165, 1.54) is 6.07 Å². The number of nitriles is 1. The van der Waals surface area contributed by atoms with E-state index in [-0.39, 0.29) is 34.0 Å². The van der Waals surface area contributed by atoms with Crippen LogP contribution >= 0.6 is 23.2 Å². The monoisotopic (exact) mass is 352 g/mol. The van der Waals surface area contributed by atoms with E-state index in [1.54, 1.807) is 18.2 Å². The maximum atomic E-state index is 14.7. The summed E-state index contributed by atoms with van der Waals surface area (Å²) in [6.07, 6.45) is 0.250. The molecule has 0 unspecified atom stereocenters. The lowest BCUT2D eigenvalue weighted by Crippen LogP contribution is -2.09. The molecular formula is C16H11Cl2FN2O2. The third-order valence-corrected chi connectivity index (χ3v) is 4.16. The molecule has 0 aliphatic carbocycles. The van der Waals surface area contributed by atoms with E-state index in [0.29, 0.717) is 11.1 Å². The normalized spacial score (nSPS) is 10.3. The van der Waals surface area contributed by atoms with Gasteiger partial charge in [0.05, 0.1) is 27.4 Å². The van der Waals surface area contributed by atoms with Gasteiger partial charge in [0.1, 0.15) is 0 Å². The molecular weight excluding hydrogens is 342 g/mol. The summed E-state index contributed by atoms with van der Waals surface area (Å²) in [6.45, 7) is 0. The number of rotatable bonds is 4. The van der Waals surface area contributed by atoms with Crippen molar-refractivity contribution < 1.29 is 14.3 Å². The molecule has 0 saturated carbocycles. The predicted molar refractivity (Wildman–Crippen MR) is 87.2 cm³/mol. The summed E-state index contributed by atoms with van der Waals surface area (Å²) in [5, 5.41) is 18.3. The van der Waals surface area contributed by atoms with Crippen molar-refractivity contribution in [2.24, 2.45) is 0 Å². The SMILES string of the molecule is N#CCCc1cc(C(=O)O)c(N)c(F)c1-c1cccc(Cl)c1Cl. The van der Waals surface area contributed by atoms with Crippen molar-refractivity contribution in [3.63, 3.8) is 0 Å². The number of nitrogens with two attached hydrogens (primary N) is 1. The Kier molecular flexibility index (Phi) is 5.09. The van der Waals surface area contributed by atoms with Gasteiger partial charge in [-0.05, 0) is 24.1 Å². The lowest BCUT2D eigenvalue weighted by molar-refractivity contribution is 0.0697. The Morgan fingerprint density at radius 2 is 2.09 bits per heavy atom. The van der Waals surface area contributed by atoms with Gasteiger partial charge >= 0.3 is 5.97 Å². The van der Waals surface area contributed by atoms with Crippen LogP contribution in [0.15, 0.2) is 24.3 Å². The molecule has 23 heavy (non-hydrogen) atoms. The van der Waals surface area contributed by atoms with Gasteiger partial charge in [0, 0.05) is 17.5 Å². The van der Waals surface area contributed by atoms with Crippen LogP contribution in [-0.4, -0.2) is 11.1 Å². The van der Waals surface area contributed by atoms with E-state index in [1.807, 2.05) is 6.07 Å². The minimum absolute atomic E-state index is 0.0650. The van der Waals surface area contributed by atoms with Gasteiger partial charge in [0.15, 0.2) is 5.82 Å². The fourth-order valence-electron chi connectivity index (χ4n) is 2.27. The van der Waals surface area contributed by atoms with Crippen molar-refractivity contribution in [1.82, 2.24) is 0 Å². The summed E-state index contributed by atoms with van der Waals surface area (Å²) in [7, 11) is 0. The minimum atomic E-state index is -1.34. The fourth-order valence-corrected chi connectivity index (χ4v) is 2.67. The number of nitrogens with zero attached hydrogens (tertiary/aromatic N) is 1. The van der Waals surface area contributed by atoms with E-state index < -0.39 is 17.5 Å². The number of nitrogen functional groups attached to an aromatic ring is 1. The highest BCUT2D eigenvalue weighted by Gasteiger charge is 2.22. The Labute approximate surface area is 141 Å². The van der Waals surface area contributed by atoms with Crippen molar-refractivity contribution in [3.05, 3.63) is 51.3 Å². The Morgan fingerprint density at radius 3 is 2.70 bits per heavy atom. The van der Waals surface area contributed by atoms with Crippen LogP contribution in [0.3, 0.4) is 0 Å². The van der Waals surface area contributed by atoms with E-state index in [0.717, 1.165) is 0 Å². The van der Waals surface area contributed by atoms with Crippen LogP contribution in [0.1, 0.15) is 22.3 Å². The quantitative estimate of drug-likeness (QED) is 0.790. The van der Waals surface area contributed by atoms with Gasteiger partial charge in [-0.2, -0.15) is 5.26 Å². The summed E-state index contributed by atoms with van der Waals surface area (Å²) in [6, 6.07) is 7.92. The molecule has 2 aromatic carbocycles. The topological polar surface area (TPSA) is 87.1 Å². The van der Waals surface area contributed by atoms with Crippen molar-refractivity contribution >= 4 is 34.9 Å². The highest BCUT2D eigenvalue weighted by atomic mass is 35.5. The molecule has 0 bridgehead atoms. The molecule has 0 atom stereocenters. The molecule has 0 aromatic heterocycles. The zero-order valence-electron chi connectivity index (χ0n) is 11.7. The smallest absolute Gasteiger partial charge is 0.337 e. The molecule has 0 amide bonds. The van der Waals surface area contributed by atoms with Crippen molar-refractivity contribution in [2.75, 3.05) is 5.73 Å². The van der Waals surface area contributed by atoms with Crippen LogP contribution in [0.5, 0.6) is 0 Å². The number of hydrogen-bond acceptors (Lipinski definition) is 3. The summed E-state index contributed by atoms with van der Waals surface area (Å²) < 4.78 is 14.7. The zero-order valence-corrected chi connectivity index (χ0v) is 13.2. The summed E-state index contributed by atoms with van der Waals surface area (Å²) >= 11 is 12.1. The van der Waals surface area contributed by atoms with Crippen molar-refractivity contribution in [1.29, 1.82) is 5.26 Å². The maximum absolute atomic E-state index is 14.7. The van der Waals surface area contributed by atoms with E-state index in [9.17, 15) is 9.18 Å². The molecule has 0 aliphatic heterocycles. The third-order valence-electron chi connectivity index (χ3n) is 3.34. The second-order valence-corrected chi connectivity index (χ2v) is 5.54. The number of hydrogen-bond donors (Lipinski definition) is 2. The van der Waals surface area contributed by atoms with Crippen LogP contribution < -0.4 is 5.73 Å². The van der Waals surface area contributed by atoms with Crippen LogP contribution in [0, 0.1) is 17.1 Å². The summed E-state index contributed by atoms with van der Waals surface area (Å²) in [5.74, 6) is -2.23. The van der Waals surface area contributed by atoms with Gasteiger partial charge in [-0.25, -0.2) is 9.18 Å². The number of aryl methyl sites for hydroxylation is 1. The lowest BCUT2D eigenvalue weighted by Gasteiger charge is -2.16. The Hall–Kier alpha value is -2.29. The first kappa shape index (κ1) is 17.1. The Bertz CT molecular complexity index is 832. The van der Waals surface area contributed by atoms with Crippen molar-refractivity contribution in [3.8, 4) is 17.2 Å². The van der Waals surface area contributed by atoms with Gasteiger partial charge in [-0.1, -0.05) is 35.3 Å². The molecule has 0 saturated heterocycles. The number of carboxylic acid groups (broad SMARTS) is 1. The Morgan fingerprint density at radius 1 is 1.39 bits per heavy atom. The van der Waals surface area contributed by atoms with Gasteiger partial charge in [0.25, 0.3) is 0 Å². The number of anilines is 1. The maximum Gasteiger partial charge on any atom is 0.337 e. The molecule has 0 fully saturated rings. The molecule has 0 aliphatic rings. The van der Waals surface area contributed by atoms with E-state index >= 15 is 0 Å². The predicted octanol–water partition coefficient (Wildman–Crippen LogP) is 4.54. The number of aromatic carboxylic acids is 1. The first-order chi connectivity index (χ1) is 10.9. The highest BCUT2D eigenvalue weighted by Crippen LogP contribution is 2.39. The highest BCUT2D eigenvalue weighted by molar-refractivity contribution is 6.43. The lowest BCUT2D eigenvalue weighted by atomic mass is 9.93. The number of halogens is 3. The molecule has 0 spiro atoms. The molecule has 0 radical (unpaired) electrons. The van der Waals surface area contributed by atoms with Gasteiger partial charge in [-0.15, -0.1) is 0 Å². The number of carbonyl (C=O) groups is 1. The second-order valence-electron chi connectivity index (χ2n) is 4.75. The zero-order chi connectivity index (χ0) is 17.1. The molecule has 118 valence electrons. The van der Waals surface area contributed by atoms with Crippen molar-refractivity contribution in [2.45, 2.75) is 12.8 Å². The van der Waals surface area contributed by atoms with Crippen LogP contribution in [-0.2, 0) is 6.42 Å². The average molecular weight is 353 g/mol. The van der Waals surface area contributed by atoms with Gasteiger partial charge < -0.3 is 10.8 Å². The number of carboxylic acids is 1. The third kappa shape index (κ3) is 3.24. The molecule has 2 aromatic rings. The molecule has 2 rings (SSSR count). The molecule has 7 heteroatoms. The first-order valence-electron chi connectivity index (χ1n) is 6.54. The molecule has 0 heterocycles. The van der Waals surface area contributed by atoms with E-state index in [4.69, 9.17) is 39.3 Å². The number of benzene rings is 2. The molecule has 3 N–H and O–H groups in total. The summed E-state index contributed by atoms with van der Waals surface area (Å²) in [4.78, 5) is 11.2.